The smallest absolute Gasteiger partial charge is 0.419 e. The Morgan fingerprint density at radius 1 is 1.31 bits per heavy atom. The predicted molar refractivity (Wildman–Crippen MR) is 119 cm³/mol. The van der Waals surface area contributed by atoms with Crippen molar-refractivity contribution in [2.24, 2.45) is 7.05 Å². The first-order valence-corrected chi connectivity index (χ1v) is 10.1. The molecule has 0 unspecified atom stereocenters. The first kappa shape index (κ1) is 21.5. The second kappa shape index (κ2) is 8.80. The third kappa shape index (κ3) is 4.06. The van der Waals surface area contributed by atoms with Crippen LogP contribution in [-0.4, -0.2) is 29.8 Å². The van der Waals surface area contributed by atoms with Crippen LogP contribution in [0.1, 0.15) is 27.0 Å². The van der Waals surface area contributed by atoms with Gasteiger partial charge in [0.2, 0.25) is 0 Å². The molecule has 0 amide bonds. The maximum atomic E-state index is 14.2. The van der Waals surface area contributed by atoms with Crippen molar-refractivity contribution < 1.29 is 18.3 Å². The van der Waals surface area contributed by atoms with Crippen molar-refractivity contribution in [3.05, 3.63) is 74.7 Å². The molecule has 0 bridgehead atoms. The molecule has 3 N–H and O–H groups in total. The number of fused-ring (bicyclic) bond motifs is 2. The number of cyclic esters (lactones) is 1. The van der Waals surface area contributed by atoms with Gasteiger partial charge in [-0.3, -0.25) is 4.57 Å². The minimum atomic E-state index is -0.637. The second-order valence-electron chi connectivity index (χ2n) is 7.62. The number of halogens is 1. The molecular weight excluding hydrogens is 415 g/mol. The van der Waals surface area contributed by atoms with Crippen molar-refractivity contribution in [3.8, 4) is 0 Å². The molecular formula is C23H23FN4O4. The monoisotopic (exact) mass is 438 g/mol. The molecule has 0 spiro atoms. The fourth-order valence-corrected chi connectivity index (χ4v) is 3.71. The molecule has 3 aromatic rings. The molecule has 32 heavy (non-hydrogen) atoms. The van der Waals surface area contributed by atoms with E-state index in [4.69, 9.17) is 14.6 Å². The van der Waals surface area contributed by atoms with E-state index in [-0.39, 0.29) is 11.6 Å². The van der Waals surface area contributed by atoms with E-state index in [0.717, 1.165) is 23.1 Å². The SMILES string of the molecule is Cc1c(CCNC/C(C=N)=C/Nc2cc(F)c3oc(=O)n(C)c3c2)ccc2c1COC2=O. The lowest BCUT2D eigenvalue weighted by Crippen LogP contribution is -2.21. The minimum absolute atomic E-state index is 0.0845. The Kier molecular flexibility index (Phi) is 5.91. The molecule has 1 aromatic heterocycles. The molecule has 8 nitrogen and oxygen atoms in total. The molecule has 0 radical (unpaired) electrons. The Morgan fingerprint density at radius 3 is 2.91 bits per heavy atom. The number of hydrogen-bond donors (Lipinski definition) is 3. The van der Waals surface area contributed by atoms with E-state index in [9.17, 15) is 14.0 Å². The molecule has 0 aliphatic carbocycles. The Morgan fingerprint density at radius 2 is 2.12 bits per heavy atom. The van der Waals surface area contributed by atoms with Gasteiger partial charge in [0.25, 0.3) is 0 Å². The average Bonchev–Trinajstić information content (AvgIpc) is 3.30. The predicted octanol–water partition coefficient (Wildman–Crippen LogP) is 3.03. The third-order valence-corrected chi connectivity index (χ3v) is 5.64. The molecule has 0 saturated carbocycles. The number of oxazole rings is 1. The summed E-state index contributed by atoms with van der Waals surface area (Å²) in [7, 11) is 1.51. The Hall–Kier alpha value is -3.72. The van der Waals surface area contributed by atoms with Gasteiger partial charge in [0.15, 0.2) is 11.4 Å². The van der Waals surface area contributed by atoms with Gasteiger partial charge in [0.1, 0.15) is 6.61 Å². The Bertz CT molecular complexity index is 1310. The summed E-state index contributed by atoms with van der Waals surface area (Å²) in [5.74, 6) is -1.54. The summed E-state index contributed by atoms with van der Waals surface area (Å²) in [4.78, 5) is 23.2. The van der Waals surface area contributed by atoms with E-state index in [2.05, 4.69) is 10.6 Å². The topological polar surface area (TPSA) is 109 Å². The van der Waals surface area contributed by atoms with Crippen LogP contribution in [-0.2, 0) is 24.8 Å². The fourth-order valence-electron chi connectivity index (χ4n) is 3.71. The molecule has 1 aliphatic rings. The lowest BCUT2D eigenvalue weighted by molar-refractivity contribution is 0.0535. The van der Waals surface area contributed by atoms with E-state index < -0.39 is 11.6 Å². The standard InChI is InChI=1S/C23H23FN4O4/c1-13-15(3-4-17-18(13)12-31-22(17)29)5-6-26-10-14(9-25)11-27-16-7-19(24)21-20(8-16)28(2)23(30)32-21/h3-4,7-9,11,25-27H,5-6,10,12H2,1-2H3/b14-11+,25-9?. The number of ether oxygens (including phenoxy) is 1. The molecule has 166 valence electrons. The van der Waals surface area contributed by atoms with Crippen LogP contribution in [0.3, 0.4) is 0 Å². The lowest BCUT2D eigenvalue weighted by atomic mass is 9.97. The first-order valence-electron chi connectivity index (χ1n) is 10.1. The largest absolute Gasteiger partial charge is 0.457 e. The second-order valence-corrected chi connectivity index (χ2v) is 7.62. The molecule has 0 atom stereocenters. The molecule has 9 heteroatoms. The molecule has 0 saturated heterocycles. The van der Waals surface area contributed by atoms with Crippen LogP contribution < -0.4 is 16.4 Å². The van der Waals surface area contributed by atoms with Crippen molar-refractivity contribution in [3.63, 3.8) is 0 Å². The maximum absolute atomic E-state index is 14.2. The molecule has 1 aliphatic heterocycles. The highest BCUT2D eigenvalue weighted by molar-refractivity contribution is 5.94. The van der Waals surface area contributed by atoms with Crippen molar-refractivity contribution >= 4 is 29.0 Å². The van der Waals surface area contributed by atoms with Crippen LogP contribution in [0, 0.1) is 18.2 Å². The van der Waals surface area contributed by atoms with Gasteiger partial charge in [-0.1, -0.05) is 6.07 Å². The summed E-state index contributed by atoms with van der Waals surface area (Å²) in [6.07, 6.45) is 3.59. The molecule has 4 rings (SSSR count). The van der Waals surface area contributed by atoms with Crippen LogP contribution in [0.25, 0.3) is 11.1 Å². The fraction of sp³-hybridized carbons (Fsp3) is 0.261. The van der Waals surface area contributed by atoms with Gasteiger partial charge in [-0.25, -0.2) is 14.0 Å². The van der Waals surface area contributed by atoms with Gasteiger partial charge in [-0.05, 0) is 48.7 Å². The van der Waals surface area contributed by atoms with Crippen LogP contribution in [0.4, 0.5) is 10.1 Å². The van der Waals surface area contributed by atoms with E-state index in [1.807, 2.05) is 19.1 Å². The van der Waals surface area contributed by atoms with Gasteiger partial charge in [0, 0.05) is 43.3 Å². The number of benzene rings is 2. The highest BCUT2D eigenvalue weighted by atomic mass is 19.1. The summed E-state index contributed by atoms with van der Waals surface area (Å²) in [5, 5.41) is 13.9. The normalized spacial score (nSPS) is 13.3. The maximum Gasteiger partial charge on any atom is 0.419 e. The van der Waals surface area contributed by atoms with Gasteiger partial charge in [-0.15, -0.1) is 0 Å². The number of esters is 1. The first-order chi connectivity index (χ1) is 15.4. The summed E-state index contributed by atoms with van der Waals surface area (Å²) < 4.78 is 25.4. The molecule has 2 aromatic carbocycles. The number of anilines is 1. The number of nitrogens with one attached hydrogen (secondary N) is 3. The van der Waals surface area contributed by atoms with Gasteiger partial charge in [0.05, 0.1) is 11.1 Å². The van der Waals surface area contributed by atoms with Gasteiger partial charge >= 0.3 is 11.7 Å². The zero-order chi connectivity index (χ0) is 22.8. The highest BCUT2D eigenvalue weighted by Crippen LogP contribution is 2.26. The van der Waals surface area contributed by atoms with Crippen LogP contribution in [0.15, 0.2) is 45.3 Å². The highest BCUT2D eigenvalue weighted by Gasteiger charge is 2.23. The van der Waals surface area contributed by atoms with Crippen LogP contribution in [0.5, 0.6) is 0 Å². The van der Waals surface area contributed by atoms with Crippen molar-refractivity contribution in [2.45, 2.75) is 20.0 Å². The summed E-state index contributed by atoms with van der Waals surface area (Å²) in [6, 6.07) is 6.61. The summed E-state index contributed by atoms with van der Waals surface area (Å²) in [6.45, 7) is 3.44. The Balaban J connectivity index is 1.36. The Labute approximate surface area is 183 Å². The molecule has 0 fully saturated rings. The van der Waals surface area contributed by atoms with E-state index in [1.165, 1.54) is 23.9 Å². The van der Waals surface area contributed by atoms with Gasteiger partial charge in [-0.2, -0.15) is 0 Å². The average molecular weight is 438 g/mol. The van der Waals surface area contributed by atoms with Crippen molar-refractivity contribution in [1.29, 1.82) is 5.41 Å². The number of nitrogens with zero attached hydrogens (tertiary/aromatic N) is 1. The van der Waals surface area contributed by atoms with E-state index >= 15 is 0 Å². The summed E-state index contributed by atoms with van der Waals surface area (Å²) in [5.41, 5.74) is 5.18. The number of hydrogen-bond acceptors (Lipinski definition) is 7. The number of carbonyl (C=O) groups excluding carboxylic acids is 1. The van der Waals surface area contributed by atoms with Crippen molar-refractivity contribution in [1.82, 2.24) is 9.88 Å². The van der Waals surface area contributed by atoms with Gasteiger partial charge < -0.3 is 25.2 Å². The van der Waals surface area contributed by atoms with Crippen molar-refractivity contribution in [2.75, 3.05) is 18.4 Å². The zero-order valence-corrected chi connectivity index (χ0v) is 17.8. The van der Waals surface area contributed by atoms with E-state index in [1.54, 1.807) is 12.3 Å². The lowest BCUT2D eigenvalue weighted by Gasteiger charge is -2.10. The number of rotatable bonds is 8. The third-order valence-electron chi connectivity index (χ3n) is 5.64. The number of aromatic nitrogens is 1. The zero-order valence-electron chi connectivity index (χ0n) is 17.8. The number of carbonyl (C=O) groups is 1. The summed E-state index contributed by atoms with van der Waals surface area (Å²) >= 11 is 0. The molecule has 2 heterocycles. The number of aryl methyl sites for hydroxylation is 1. The van der Waals surface area contributed by atoms with Crippen LogP contribution >= 0.6 is 0 Å². The minimum Gasteiger partial charge on any atom is -0.457 e. The van der Waals surface area contributed by atoms with Crippen LogP contribution in [0.2, 0.25) is 0 Å². The van der Waals surface area contributed by atoms with E-state index in [0.29, 0.717) is 42.0 Å². The quantitative estimate of drug-likeness (QED) is 0.283.